The molecule has 12 heavy (non-hydrogen) atoms. The van der Waals surface area contributed by atoms with Crippen LogP contribution in [0.1, 0.15) is 19.3 Å². The average molecular weight is 171 g/mol. The summed E-state index contributed by atoms with van der Waals surface area (Å²) >= 11 is 0. The molecule has 1 fully saturated rings. The number of rotatable bonds is 5. The fourth-order valence-corrected chi connectivity index (χ4v) is 1.50. The summed E-state index contributed by atoms with van der Waals surface area (Å²) in [6.45, 7) is 2.73. The van der Waals surface area contributed by atoms with Gasteiger partial charge < -0.3 is 14.4 Å². The lowest BCUT2D eigenvalue weighted by molar-refractivity contribution is -0.108. The maximum atomic E-state index is 10.1. The lowest BCUT2D eigenvalue weighted by Gasteiger charge is -2.18. The molecule has 0 spiro atoms. The number of likely N-dealkylation sites (N-methyl/N-ethyl adjacent to an activating group) is 1. The first-order chi connectivity index (χ1) is 5.83. The molecule has 3 nitrogen and oxygen atoms in total. The summed E-state index contributed by atoms with van der Waals surface area (Å²) in [7, 11) is 2.03. The van der Waals surface area contributed by atoms with Crippen LogP contribution in [0.15, 0.2) is 0 Å². The van der Waals surface area contributed by atoms with Crippen molar-refractivity contribution in [1.82, 2.24) is 4.90 Å². The van der Waals surface area contributed by atoms with E-state index in [1.807, 2.05) is 7.05 Å². The van der Waals surface area contributed by atoms with Crippen molar-refractivity contribution in [1.29, 1.82) is 0 Å². The van der Waals surface area contributed by atoms with Gasteiger partial charge in [0.2, 0.25) is 0 Å². The van der Waals surface area contributed by atoms with Crippen LogP contribution in [-0.2, 0) is 9.53 Å². The monoisotopic (exact) mass is 171 g/mol. The van der Waals surface area contributed by atoms with E-state index in [0.717, 1.165) is 26.0 Å². The Hall–Kier alpha value is -0.410. The van der Waals surface area contributed by atoms with Gasteiger partial charge in [-0.3, -0.25) is 0 Å². The highest BCUT2D eigenvalue weighted by molar-refractivity contribution is 5.49. The van der Waals surface area contributed by atoms with Crippen molar-refractivity contribution in [3.8, 4) is 0 Å². The van der Waals surface area contributed by atoms with Crippen LogP contribution in [-0.4, -0.2) is 44.0 Å². The Labute approximate surface area is 73.7 Å². The maximum Gasteiger partial charge on any atom is 0.121 e. The number of hydrogen-bond donors (Lipinski definition) is 0. The molecule has 0 aromatic carbocycles. The van der Waals surface area contributed by atoms with Crippen LogP contribution >= 0.6 is 0 Å². The highest BCUT2D eigenvalue weighted by Gasteiger charge is 2.16. The molecule has 0 aromatic heterocycles. The Morgan fingerprint density at radius 1 is 1.67 bits per heavy atom. The van der Waals surface area contributed by atoms with Crippen molar-refractivity contribution in [2.24, 2.45) is 0 Å². The average Bonchev–Trinajstić information content (AvgIpc) is 2.53. The number of carbonyl (C=O) groups excluding carboxylic acids is 1. The van der Waals surface area contributed by atoms with Gasteiger partial charge in [0.15, 0.2) is 0 Å². The summed E-state index contributed by atoms with van der Waals surface area (Å²) in [4.78, 5) is 12.2. The summed E-state index contributed by atoms with van der Waals surface area (Å²) in [5.74, 6) is 0. The Morgan fingerprint density at radius 2 is 2.50 bits per heavy atom. The van der Waals surface area contributed by atoms with Crippen LogP contribution in [0.25, 0.3) is 0 Å². The van der Waals surface area contributed by atoms with Crippen molar-refractivity contribution in [2.75, 3.05) is 26.7 Å². The zero-order valence-electron chi connectivity index (χ0n) is 7.66. The van der Waals surface area contributed by atoms with E-state index in [2.05, 4.69) is 4.90 Å². The Balaban J connectivity index is 2.07. The second-order valence-corrected chi connectivity index (χ2v) is 3.35. The number of nitrogens with zero attached hydrogens (tertiary/aromatic N) is 1. The second kappa shape index (κ2) is 5.27. The van der Waals surface area contributed by atoms with E-state index in [4.69, 9.17) is 4.74 Å². The normalized spacial score (nSPS) is 23.3. The first kappa shape index (κ1) is 9.68. The molecule has 1 unspecified atom stereocenters. The zero-order valence-corrected chi connectivity index (χ0v) is 7.66. The second-order valence-electron chi connectivity index (χ2n) is 3.35. The third-order valence-electron chi connectivity index (χ3n) is 2.17. The fraction of sp³-hybridized carbons (Fsp3) is 0.889. The molecule has 0 bridgehead atoms. The number of ether oxygens (including phenoxy) is 1. The Bertz CT molecular complexity index is 132. The summed E-state index contributed by atoms with van der Waals surface area (Å²) in [6, 6.07) is 0. The molecule has 1 aliphatic rings. The van der Waals surface area contributed by atoms with Crippen molar-refractivity contribution in [3.63, 3.8) is 0 Å². The van der Waals surface area contributed by atoms with E-state index >= 15 is 0 Å². The predicted octanol–water partition coefficient (Wildman–Crippen LogP) is 0.686. The van der Waals surface area contributed by atoms with Crippen molar-refractivity contribution in [2.45, 2.75) is 25.4 Å². The van der Waals surface area contributed by atoms with Crippen LogP contribution in [0.5, 0.6) is 0 Å². The molecule has 0 N–H and O–H groups in total. The SMILES string of the molecule is CN(CCC=O)CC1CCCO1. The molecular formula is C9H17NO2. The maximum absolute atomic E-state index is 10.1. The van der Waals surface area contributed by atoms with Crippen LogP contribution in [0, 0.1) is 0 Å². The van der Waals surface area contributed by atoms with Gasteiger partial charge in [-0.05, 0) is 19.9 Å². The van der Waals surface area contributed by atoms with E-state index in [1.165, 1.54) is 12.8 Å². The highest BCUT2D eigenvalue weighted by Crippen LogP contribution is 2.12. The van der Waals surface area contributed by atoms with Gasteiger partial charge in [-0.1, -0.05) is 0 Å². The van der Waals surface area contributed by atoms with E-state index in [1.54, 1.807) is 0 Å². The first-order valence-electron chi connectivity index (χ1n) is 4.56. The number of aldehydes is 1. The molecule has 0 aliphatic carbocycles. The molecule has 70 valence electrons. The lowest BCUT2D eigenvalue weighted by atomic mass is 10.2. The molecule has 1 heterocycles. The summed E-state index contributed by atoms with van der Waals surface area (Å²) in [6.07, 6.45) is 4.36. The summed E-state index contributed by atoms with van der Waals surface area (Å²) in [5, 5.41) is 0. The van der Waals surface area contributed by atoms with E-state index in [0.29, 0.717) is 12.5 Å². The molecule has 1 rings (SSSR count). The van der Waals surface area contributed by atoms with Crippen molar-refractivity contribution < 1.29 is 9.53 Å². The molecular weight excluding hydrogens is 154 g/mol. The molecule has 0 radical (unpaired) electrons. The van der Waals surface area contributed by atoms with Crippen LogP contribution < -0.4 is 0 Å². The predicted molar refractivity (Wildman–Crippen MR) is 47.2 cm³/mol. The Morgan fingerprint density at radius 3 is 3.08 bits per heavy atom. The standard InChI is InChI=1S/C9H17NO2/c1-10(5-3-6-11)8-9-4-2-7-12-9/h6,9H,2-5,7-8H2,1H3. The van der Waals surface area contributed by atoms with Gasteiger partial charge in [0.05, 0.1) is 6.10 Å². The molecule has 0 aromatic rings. The van der Waals surface area contributed by atoms with Gasteiger partial charge in [0.25, 0.3) is 0 Å². The Kier molecular flexibility index (Phi) is 4.25. The molecule has 3 heteroatoms. The van der Waals surface area contributed by atoms with Gasteiger partial charge in [0, 0.05) is 26.1 Å². The van der Waals surface area contributed by atoms with Crippen LogP contribution in [0.3, 0.4) is 0 Å². The largest absolute Gasteiger partial charge is 0.377 e. The minimum Gasteiger partial charge on any atom is -0.377 e. The van der Waals surface area contributed by atoms with Crippen LogP contribution in [0.2, 0.25) is 0 Å². The first-order valence-corrected chi connectivity index (χ1v) is 4.56. The lowest BCUT2D eigenvalue weighted by Crippen LogP contribution is -2.29. The topological polar surface area (TPSA) is 29.5 Å². The van der Waals surface area contributed by atoms with Crippen molar-refractivity contribution in [3.05, 3.63) is 0 Å². The van der Waals surface area contributed by atoms with Crippen molar-refractivity contribution >= 4 is 6.29 Å². The summed E-state index contributed by atoms with van der Waals surface area (Å²) < 4.78 is 5.47. The van der Waals surface area contributed by atoms with E-state index in [9.17, 15) is 4.79 Å². The zero-order chi connectivity index (χ0) is 8.81. The fourth-order valence-electron chi connectivity index (χ4n) is 1.50. The quantitative estimate of drug-likeness (QED) is 0.570. The highest BCUT2D eigenvalue weighted by atomic mass is 16.5. The summed E-state index contributed by atoms with van der Waals surface area (Å²) in [5.41, 5.74) is 0. The molecule has 1 atom stereocenters. The molecule has 1 saturated heterocycles. The van der Waals surface area contributed by atoms with Gasteiger partial charge in [0.1, 0.15) is 6.29 Å². The van der Waals surface area contributed by atoms with Crippen LogP contribution in [0.4, 0.5) is 0 Å². The third kappa shape index (κ3) is 3.32. The van der Waals surface area contributed by atoms with Gasteiger partial charge in [-0.2, -0.15) is 0 Å². The smallest absolute Gasteiger partial charge is 0.121 e. The minimum absolute atomic E-state index is 0.404. The van der Waals surface area contributed by atoms with E-state index in [-0.39, 0.29) is 0 Å². The van der Waals surface area contributed by atoms with Gasteiger partial charge >= 0.3 is 0 Å². The number of carbonyl (C=O) groups is 1. The third-order valence-corrected chi connectivity index (χ3v) is 2.17. The van der Waals surface area contributed by atoms with Gasteiger partial charge in [-0.15, -0.1) is 0 Å². The minimum atomic E-state index is 0.404. The molecule has 0 amide bonds. The number of hydrogen-bond acceptors (Lipinski definition) is 3. The molecule has 0 saturated carbocycles. The van der Waals surface area contributed by atoms with Gasteiger partial charge in [-0.25, -0.2) is 0 Å². The molecule has 1 aliphatic heterocycles. The van der Waals surface area contributed by atoms with E-state index < -0.39 is 0 Å².